The number of benzene rings is 1. The fraction of sp³-hybridized carbons (Fsp3) is 0. The van der Waals surface area contributed by atoms with Gasteiger partial charge in [0, 0.05) is 17.3 Å². The van der Waals surface area contributed by atoms with Gasteiger partial charge >= 0.3 is 0 Å². The lowest BCUT2D eigenvalue weighted by atomic mass is 10.2. The summed E-state index contributed by atoms with van der Waals surface area (Å²) in [6, 6.07) is 15.8. The van der Waals surface area contributed by atoms with Crippen molar-refractivity contribution in [2.75, 3.05) is 5.32 Å². The summed E-state index contributed by atoms with van der Waals surface area (Å²) in [4.78, 5) is 8.69. The molecule has 0 amide bonds. The SMILES string of the molecule is Brc1cccc(Nc2cccc3ncccc23)n1. The monoisotopic (exact) mass is 299 g/mol. The highest BCUT2D eigenvalue weighted by Gasteiger charge is 2.02. The van der Waals surface area contributed by atoms with Crippen molar-refractivity contribution in [2.45, 2.75) is 0 Å². The topological polar surface area (TPSA) is 37.8 Å². The summed E-state index contributed by atoms with van der Waals surface area (Å²) in [5.41, 5.74) is 1.98. The Morgan fingerprint density at radius 1 is 0.944 bits per heavy atom. The molecule has 3 nitrogen and oxygen atoms in total. The number of hydrogen-bond acceptors (Lipinski definition) is 3. The van der Waals surface area contributed by atoms with Crippen molar-refractivity contribution in [1.29, 1.82) is 0 Å². The molecule has 0 unspecified atom stereocenters. The molecule has 18 heavy (non-hydrogen) atoms. The Morgan fingerprint density at radius 2 is 1.83 bits per heavy atom. The van der Waals surface area contributed by atoms with Crippen LogP contribution in [-0.4, -0.2) is 9.97 Å². The van der Waals surface area contributed by atoms with Crippen LogP contribution in [0.3, 0.4) is 0 Å². The first-order chi connectivity index (χ1) is 8.83. The lowest BCUT2D eigenvalue weighted by molar-refractivity contribution is 1.27. The zero-order valence-electron chi connectivity index (χ0n) is 9.47. The van der Waals surface area contributed by atoms with Crippen LogP contribution in [0.4, 0.5) is 11.5 Å². The van der Waals surface area contributed by atoms with Crippen LogP contribution in [-0.2, 0) is 0 Å². The number of fused-ring (bicyclic) bond motifs is 1. The van der Waals surface area contributed by atoms with Crippen LogP contribution in [0, 0.1) is 0 Å². The van der Waals surface area contributed by atoms with Gasteiger partial charge in [0.15, 0.2) is 0 Å². The number of pyridine rings is 2. The van der Waals surface area contributed by atoms with Crippen molar-refractivity contribution in [3.05, 3.63) is 59.3 Å². The van der Waals surface area contributed by atoms with Crippen molar-refractivity contribution in [2.24, 2.45) is 0 Å². The number of aromatic nitrogens is 2. The maximum atomic E-state index is 4.36. The molecule has 0 saturated heterocycles. The summed E-state index contributed by atoms with van der Waals surface area (Å²) >= 11 is 3.36. The van der Waals surface area contributed by atoms with Crippen LogP contribution in [0.1, 0.15) is 0 Å². The average Bonchev–Trinajstić information content (AvgIpc) is 2.39. The van der Waals surface area contributed by atoms with E-state index in [1.807, 2.05) is 48.5 Å². The molecule has 0 bridgehead atoms. The highest BCUT2D eigenvalue weighted by atomic mass is 79.9. The van der Waals surface area contributed by atoms with E-state index >= 15 is 0 Å². The minimum atomic E-state index is 0.806. The first-order valence-electron chi connectivity index (χ1n) is 5.56. The van der Waals surface area contributed by atoms with Gasteiger partial charge in [-0.15, -0.1) is 0 Å². The summed E-state index contributed by atoms with van der Waals surface area (Å²) in [6.07, 6.45) is 1.80. The van der Waals surface area contributed by atoms with E-state index in [1.165, 1.54) is 0 Å². The number of halogens is 1. The molecule has 3 aromatic rings. The van der Waals surface area contributed by atoms with Crippen LogP contribution in [0.2, 0.25) is 0 Å². The summed E-state index contributed by atoms with van der Waals surface area (Å²) in [5.74, 6) is 0.806. The molecule has 0 aliphatic rings. The molecule has 0 saturated carbocycles. The van der Waals surface area contributed by atoms with E-state index in [2.05, 4.69) is 31.2 Å². The molecule has 0 spiro atoms. The van der Waals surface area contributed by atoms with E-state index in [1.54, 1.807) is 6.20 Å². The van der Waals surface area contributed by atoms with E-state index < -0.39 is 0 Å². The molecular weight excluding hydrogens is 290 g/mol. The van der Waals surface area contributed by atoms with Crippen LogP contribution in [0.15, 0.2) is 59.3 Å². The van der Waals surface area contributed by atoms with E-state index in [4.69, 9.17) is 0 Å². The smallest absolute Gasteiger partial charge is 0.131 e. The lowest BCUT2D eigenvalue weighted by Crippen LogP contribution is -1.94. The minimum absolute atomic E-state index is 0.806. The van der Waals surface area contributed by atoms with E-state index in [0.717, 1.165) is 27.0 Å². The third-order valence-corrected chi connectivity index (χ3v) is 3.07. The van der Waals surface area contributed by atoms with Crippen LogP contribution >= 0.6 is 15.9 Å². The number of nitrogens with zero attached hydrogens (tertiary/aromatic N) is 2. The van der Waals surface area contributed by atoms with Gasteiger partial charge in [-0.05, 0) is 52.3 Å². The predicted molar refractivity (Wildman–Crippen MR) is 77.0 cm³/mol. The van der Waals surface area contributed by atoms with Crippen molar-refractivity contribution in [1.82, 2.24) is 9.97 Å². The molecule has 1 aromatic carbocycles. The van der Waals surface area contributed by atoms with Gasteiger partial charge in [-0.25, -0.2) is 4.98 Å². The molecular formula is C14H10BrN3. The van der Waals surface area contributed by atoms with Gasteiger partial charge in [0.05, 0.1) is 5.52 Å². The third-order valence-electron chi connectivity index (χ3n) is 2.62. The minimum Gasteiger partial charge on any atom is -0.340 e. The summed E-state index contributed by atoms with van der Waals surface area (Å²) in [6.45, 7) is 0. The molecule has 0 radical (unpaired) electrons. The van der Waals surface area contributed by atoms with Crippen LogP contribution in [0.25, 0.3) is 10.9 Å². The second kappa shape index (κ2) is 4.74. The zero-order chi connectivity index (χ0) is 12.4. The van der Waals surface area contributed by atoms with Crippen molar-refractivity contribution >= 4 is 38.3 Å². The Bertz CT molecular complexity index is 692. The van der Waals surface area contributed by atoms with Crippen molar-refractivity contribution in [3.63, 3.8) is 0 Å². The molecule has 0 atom stereocenters. The summed E-state index contributed by atoms with van der Waals surface area (Å²) in [7, 11) is 0. The number of nitrogens with one attached hydrogen (secondary N) is 1. The lowest BCUT2D eigenvalue weighted by Gasteiger charge is -2.08. The van der Waals surface area contributed by atoms with Gasteiger partial charge in [0.2, 0.25) is 0 Å². The fourth-order valence-corrected chi connectivity index (χ4v) is 2.17. The van der Waals surface area contributed by atoms with Crippen molar-refractivity contribution < 1.29 is 0 Å². The molecule has 88 valence electrons. The normalized spacial score (nSPS) is 10.5. The quantitative estimate of drug-likeness (QED) is 0.723. The van der Waals surface area contributed by atoms with Gasteiger partial charge in [0.1, 0.15) is 10.4 Å². The van der Waals surface area contributed by atoms with Gasteiger partial charge < -0.3 is 5.32 Å². The Kier molecular flexibility index (Phi) is 2.94. The third kappa shape index (κ3) is 2.19. The largest absolute Gasteiger partial charge is 0.340 e. The van der Waals surface area contributed by atoms with Gasteiger partial charge in [0.25, 0.3) is 0 Å². The van der Waals surface area contributed by atoms with Crippen LogP contribution in [0.5, 0.6) is 0 Å². The Labute approximate surface area is 113 Å². The maximum absolute atomic E-state index is 4.36. The molecule has 4 heteroatoms. The molecule has 2 heterocycles. The fourth-order valence-electron chi connectivity index (χ4n) is 1.83. The van der Waals surface area contributed by atoms with E-state index in [-0.39, 0.29) is 0 Å². The van der Waals surface area contributed by atoms with Gasteiger partial charge in [-0.2, -0.15) is 0 Å². The molecule has 2 aromatic heterocycles. The highest BCUT2D eigenvalue weighted by Crippen LogP contribution is 2.24. The van der Waals surface area contributed by atoms with Crippen LogP contribution < -0.4 is 5.32 Å². The number of hydrogen-bond donors (Lipinski definition) is 1. The Hall–Kier alpha value is -1.94. The average molecular weight is 300 g/mol. The maximum Gasteiger partial charge on any atom is 0.131 e. The first-order valence-corrected chi connectivity index (χ1v) is 6.35. The number of rotatable bonds is 2. The van der Waals surface area contributed by atoms with Gasteiger partial charge in [-0.3, -0.25) is 4.98 Å². The molecule has 0 fully saturated rings. The molecule has 1 N–H and O–H groups in total. The second-order valence-electron chi connectivity index (χ2n) is 3.85. The standard InChI is InChI=1S/C14H10BrN3/c15-13-7-2-8-14(18-13)17-12-6-1-5-11-10(12)4-3-9-16-11/h1-9H,(H,17,18). The summed E-state index contributed by atoms with van der Waals surface area (Å²) < 4.78 is 0.811. The summed E-state index contributed by atoms with van der Waals surface area (Å²) in [5, 5.41) is 4.39. The molecule has 0 aliphatic carbocycles. The Morgan fingerprint density at radius 3 is 2.72 bits per heavy atom. The van der Waals surface area contributed by atoms with Gasteiger partial charge in [-0.1, -0.05) is 12.1 Å². The van der Waals surface area contributed by atoms with E-state index in [0.29, 0.717) is 0 Å². The molecule has 0 aliphatic heterocycles. The first kappa shape index (κ1) is 11.2. The molecule has 3 rings (SSSR count). The highest BCUT2D eigenvalue weighted by molar-refractivity contribution is 9.10. The predicted octanol–water partition coefficient (Wildman–Crippen LogP) is 4.14. The van der Waals surface area contributed by atoms with E-state index in [9.17, 15) is 0 Å². The zero-order valence-corrected chi connectivity index (χ0v) is 11.1. The second-order valence-corrected chi connectivity index (χ2v) is 4.66. The number of anilines is 2. The Balaban J connectivity index is 2.05. The van der Waals surface area contributed by atoms with Crippen molar-refractivity contribution in [3.8, 4) is 0 Å².